The molecular weight excluding hydrogens is 596 g/mol. The molecule has 7 rings (SSSR count). The van der Waals surface area contributed by atoms with E-state index in [1.807, 2.05) is 32.0 Å². The van der Waals surface area contributed by atoms with Crippen LogP contribution in [0.5, 0.6) is 0 Å². The fourth-order valence-corrected chi connectivity index (χ4v) is 6.95. The molecule has 0 spiro atoms. The van der Waals surface area contributed by atoms with Gasteiger partial charge in [-0.25, -0.2) is 9.42 Å². The van der Waals surface area contributed by atoms with Crippen LogP contribution in [0.1, 0.15) is 55.1 Å². The third-order valence-electron chi connectivity index (χ3n) is 9.26. The van der Waals surface area contributed by atoms with Crippen LogP contribution in [0.25, 0.3) is 16.6 Å². The van der Waals surface area contributed by atoms with Crippen molar-refractivity contribution in [2.75, 3.05) is 26.2 Å². The number of dihydropyridines is 1. The maximum absolute atomic E-state index is 13.3. The molecule has 2 aromatic heterocycles. The fraction of sp³-hybridized carbons (Fsp3) is 0.314. The van der Waals surface area contributed by atoms with E-state index in [0.717, 1.165) is 37.2 Å². The number of hydrogen-bond donors (Lipinski definition) is 1. The number of piperidine rings is 1. The van der Waals surface area contributed by atoms with Gasteiger partial charge in [-0.2, -0.15) is 4.80 Å². The number of carbonyl (C=O) groups is 1. The monoisotopic (exact) mass is 632 g/mol. The van der Waals surface area contributed by atoms with Crippen LogP contribution in [0.2, 0.25) is 0 Å². The Kier molecular flexibility index (Phi) is 8.25. The Labute approximate surface area is 272 Å². The molecule has 2 aliphatic heterocycles. The van der Waals surface area contributed by atoms with Crippen molar-refractivity contribution in [3.63, 3.8) is 0 Å². The smallest absolute Gasteiger partial charge is 0.433 e. The number of tetrazole rings is 1. The number of likely N-dealkylation sites (tertiary alicyclic amines) is 1. The van der Waals surface area contributed by atoms with Crippen LogP contribution in [0.4, 0.5) is 4.79 Å². The molecule has 0 radical (unpaired) electrons. The standard InChI is InChI=1S/C35H36N8O4/c1-23-29(33-37-41-42(3)38-33)30(27-15-10-16-28-31(27)40-47-39-28)32(24(2)36-23)46-34(44)45-22-21-43-19-17-35(18-20-43,25-11-6-4-7-12-25)26-13-8-5-9-14-26/h4-16,30,36H,17-22H2,1-3H3. The van der Waals surface area contributed by atoms with Gasteiger partial charge in [-0.15, -0.1) is 10.2 Å². The maximum atomic E-state index is 13.3. The Balaban J connectivity index is 1.05. The summed E-state index contributed by atoms with van der Waals surface area (Å²) in [5, 5.41) is 24.2. The molecule has 3 aromatic carbocycles. The molecule has 1 fully saturated rings. The van der Waals surface area contributed by atoms with E-state index in [1.165, 1.54) is 15.9 Å². The zero-order chi connectivity index (χ0) is 32.4. The lowest BCUT2D eigenvalue weighted by atomic mass is 9.68. The molecule has 0 bridgehead atoms. The second kappa shape index (κ2) is 12.8. The Hall–Kier alpha value is -5.36. The third-order valence-corrected chi connectivity index (χ3v) is 9.26. The molecule has 5 aromatic rings. The lowest BCUT2D eigenvalue weighted by Gasteiger charge is -2.43. The van der Waals surface area contributed by atoms with E-state index in [1.54, 1.807) is 7.05 Å². The molecule has 1 atom stereocenters. The summed E-state index contributed by atoms with van der Waals surface area (Å²) in [6.07, 6.45) is 1.15. The number of nitrogens with zero attached hydrogens (tertiary/aromatic N) is 7. The molecule has 1 saturated heterocycles. The normalized spacial score (nSPS) is 18.3. The van der Waals surface area contributed by atoms with Crippen LogP contribution >= 0.6 is 0 Å². The van der Waals surface area contributed by atoms with Gasteiger partial charge in [0, 0.05) is 23.2 Å². The predicted molar refractivity (Wildman–Crippen MR) is 174 cm³/mol. The molecule has 0 amide bonds. The number of hydrogen-bond acceptors (Lipinski definition) is 11. The molecule has 0 aliphatic carbocycles. The average Bonchev–Trinajstić information content (AvgIpc) is 3.76. The quantitative estimate of drug-likeness (QED) is 0.223. The minimum absolute atomic E-state index is 0.0463. The van der Waals surface area contributed by atoms with Gasteiger partial charge < -0.3 is 14.8 Å². The summed E-state index contributed by atoms with van der Waals surface area (Å²) >= 11 is 0. The Bertz CT molecular complexity index is 1900. The highest BCUT2D eigenvalue weighted by molar-refractivity contribution is 5.85. The van der Waals surface area contributed by atoms with Gasteiger partial charge in [0.25, 0.3) is 0 Å². The zero-order valence-corrected chi connectivity index (χ0v) is 26.6. The van der Waals surface area contributed by atoms with Gasteiger partial charge in [0.1, 0.15) is 23.4 Å². The first-order valence-corrected chi connectivity index (χ1v) is 15.7. The Morgan fingerprint density at radius 2 is 1.64 bits per heavy atom. The van der Waals surface area contributed by atoms with E-state index < -0.39 is 12.1 Å². The van der Waals surface area contributed by atoms with E-state index >= 15 is 0 Å². The highest BCUT2D eigenvalue weighted by Gasteiger charge is 2.39. The number of fused-ring (bicyclic) bond motifs is 1. The number of carbonyl (C=O) groups excluding carboxylic acids is 1. The summed E-state index contributed by atoms with van der Waals surface area (Å²) < 4.78 is 16.7. The number of aryl methyl sites for hydroxylation is 1. The first kappa shape index (κ1) is 30.3. The van der Waals surface area contributed by atoms with Crippen molar-refractivity contribution < 1.29 is 18.9 Å². The summed E-state index contributed by atoms with van der Waals surface area (Å²) in [6, 6.07) is 27.1. The molecule has 2 aliphatic rings. The largest absolute Gasteiger partial charge is 0.513 e. The van der Waals surface area contributed by atoms with Crippen LogP contribution < -0.4 is 5.32 Å². The van der Waals surface area contributed by atoms with Crippen LogP contribution in [0, 0.1) is 0 Å². The molecule has 0 saturated carbocycles. The van der Waals surface area contributed by atoms with Crippen LogP contribution in [0.15, 0.2) is 101 Å². The number of benzene rings is 3. The van der Waals surface area contributed by atoms with E-state index in [4.69, 9.17) is 14.1 Å². The van der Waals surface area contributed by atoms with E-state index in [2.05, 4.69) is 96.6 Å². The van der Waals surface area contributed by atoms with Crippen LogP contribution in [-0.4, -0.2) is 67.8 Å². The maximum Gasteiger partial charge on any atom is 0.513 e. The molecule has 240 valence electrons. The summed E-state index contributed by atoms with van der Waals surface area (Å²) in [5.74, 6) is 0.145. The molecular formula is C35H36N8O4. The van der Waals surface area contributed by atoms with Gasteiger partial charge >= 0.3 is 6.16 Å². The first-order chi connectivity index (χ1) is 22.9. The summed E-state index contributed by atoms with van der Waals surface area (Å²) in [5.41, 5.74) is 6.61. The van der Waals surface area contributed by atoms with E-state index in [-0.39, 0.29) is 12.0 Å². The number of rotatable bonds is 8. The van der Waals surface area contributed by atoms with Crippen molar-refractivity contribution >= 4 is 22.8 Å². The molecule has 1 unspecified atom stereocenters. The summed E-state index contributed by atoms with van der Waals surface area (Å²) in [7, 11) is 1.70. The van der Waals surface area contributed by atoms with Crippen LogP contribution in [-0.2, 0) is 21.9 Å². The molecule has 1 N–H and O–H groups in total. The second-order valence-corrected chi connectivity index (χ2v) is 12.0. The Morgan fingerprint density at radius 3 is 2.30 bits per heavy atom. The first-order valence-electron chi connectivity index (χ1n) is 15.7. The zero-order valence-electron chi connectivity index (χ0n) is 26.6. The molecule has 12 heteroatoms. The van der Waals surface area contributed by atoms with Gasteiger partial charge in [0.2, 0.25) is 5.82 Å². The van der Waals surface area contributed by atoms with Crippen molar-refractivity contribution in [2.45, 2.75) is 38.0 Å². The lowest BCUT2D eigenvalue weighted by Crippen LogP contribution is -2.44. The lowest BCUT2D eigenvalue weighted by molar-refractivity contribution is 0.0593. The van der Waals surface area contributed by atoms with Crippen molar-refractivity contribution in [1.29, 1.82) is 0 Å². The number of allylic oxidation sites excluding steroid dienone is 3. The van der Waals surface area contributed by atoms with Gasteiger partial charge in [0.15, 0.2) is 0 Å². The number of nitrogens with one attached hydrogen (secondary N) is 1. The number of aromatic nitrogens is 6. The average molecular weight is 633 g/mol. The van der Waals surface area contributed by atoms with Gasteiger partial charge in [-0.3, -0.25) is 4.90 Å². The van der Waals surface area contributed by atoms with Gasteiger partial charge in [-0.05, 0) is 78.1 Å². The minimum Gasteiger partial charge on any atom is -0.433 e. The highest BCUT2D eigenvalue weighted by Crippen LogP contribution is 2.45. The summed E-state index contributed by atoms with van der Waals surface area (Å²) in [4.78, 5) is 17.0. The molecule has 4 heterocycles. The van der Waals surface area contributed by atoms with Crippen molar-refractivity contribution in [1.82, 2.24) is 40.7 Å². The molecule has 12 nitrogen and oxygen atoms in total. The van der Waals surface area contributed by atoms with Gasteiger partial charge in [-0.1, -0.05) is 72.8 Å². The highest BCUT2D eigenvalue weighted by atomic mass is 16.7. The molecule has 47 heavy (non-hydrogen) atoms. The van der Waals surface area contributed by atoms with Gasteiger partial charge in [0.05, 0.1) is 18.7 Å². The minimum atomic E-state index is -0.789. The van der Waals surface area contributed by atoms with Crippen molar-refractivity contribution in [3.05, 3.63) is 119 Å². The van der Waals surface area contributed by atoms with Crippen molar-refractivity contribution in [2.24, 2.45) is 7.05 Å². The summed E-state index contributed by atoms with van der Waals surface area (Å²) in [6.45, 7) is 6.33. The SMILES string of the molecule is CC1=C(OC(=O)OCCN2CCC(c3ccccc3)(c3ccccc3)CC2)C(c2cccc3nonc23)C(c2nnn(C)n2)=C(C)N1. The topological polar surface area (TPSA) is 133 Å². The van der Waals surface area contributed by atoms with Crippen LogP contribution in [0.3, 0.4) is 0 Å². The Morgan fingerprint density at radius 1 is 0.936 bits per heavy atom. The van der Waals surface area contributed by atoms with E-state index in [9.17, 15) is 4.79 Å². The fourth-order valence-electron chi connectivity index (χ4n) is 6.95. The van der Waals surface area contributed by atoms with E-state index in [0.29, 0.717) is 40.4 Å². The predicted octanol–water partition coefficient (Wildman–Crippen LogP) is 5.33. The second-order valence-electron chi connectivity index (χ2n) is 12.0. The third kappa shape index (κ3) is 5.87. The van der Waals surface area contributed by atoms with Crippen molar-refractivity contribution in [3.8, 4) is 0 Å². The number of ether oxygens (including phenoxy) is 2.